The first kappa shape index (κ1) is 14.3. The standard InChI is InChI=1S/C15H22N4O2/c20-14(11-13-3-1-10-21-12-13)18-6-8-19(9-7-18)15-16-4-2-5-17-15/h2,4-5,13H,1,3,6-12H2. The maximum atomic E-state index is 12.3. The van der Waals surface area contributed by atoms with Gasteiger partial charge in [0.15, 0.2) is 0 Å². The van der Waals surface area contributed by atoms with Crippen LogP contribution in [-0.2, 0) is 9.53 Å². The number of aromatic nitrogens is 2. The van der Waals surface area contributed by atoms with Gasteiger partial charge in [0.05, 0.1) is 0 Å². The molecule has 1 amide bonds. The monoisotopic (exact) mass is 290 g/mol. The van der Waals surface area contributed by atoms with Crippen molar-refractivity contribution in [2.75, 3.05) is 44.3 Å². The van der Waals surface area contributed by atoms with Crippen molar-refractivity contribution in [3.05, 3.63) is 18.5 Å². The minimum atomic E-state index is 0.263. The Bertz CT molecular complexity index is 454. The molecule has 2 fully saturated rings. The zero-order chi connectivity index (χ0) is 14.5. The molecule has 0 saturated carbocycles. The predicted molar refractivity (Wildman–Crippen MR) is 79.0 cm³/mol. The summed E-state index contributed by atoms with van der Waals surface area (Å²) in [5.74, 6) is 1.42. The van der Waals surface area contributed by atoms with Gasteiger partial charge in [0.2, 0.25) is 11.9 Å². The first-order valence-corrected chi connectivity index (χ1v) is 7.70. The van der Waals surface area contributed by atoms with E-state index in [4.69, 9.17) is 4.74 Å². The zero-order valence-electron chi connectivity index (χ0n) is 12.3. The molecule has 3 rings (SSSR count). The summed E-state index contributed by atoms with van der Waals surface area (Å²) in [5, 5.41) is 0. The Morgan fingerprint density at radius 1 is 1.24 bits per heavy atom. The van der Waals surface area contributed by atoms with E-state index < -0.39 is 0 Å². The second-order valence-corrected chi connectivity index (χ2v) is 5.70. The molecule has 21 heavy (non-hydrogen) atoms. The van der Waals surface area contributed by atoms with E-state index >= 15 is 0 Å². The number of ether oxygens (including phenoxy) is 1. The Kier molecular flexibility index (Phi) is 4.65. The van der Waals surface area contributed by atoms with Crippen molar-refractivity contribution in [1.82, 2.24) is 14.9 Å². The van der Waals surface area contributed by atoms with Crippen molar-refractivity contribution in [1.29, 1.82) is 0 Å². The van der Waals surface area contributed by atoms with Crippen LogP contribution in [0.4, 0.5) is 5.95 Å². The van der Waals surface area contributed by atoms with Gasteiger partial charge in [0.1, 0.15) is 0 Å². The van der Waals surface area contributed by atoms with Crippen molar-refractivity contribution in [2.45, 2.75) is 19.3 Å². The van der Waals surface area contributed by atoms with Crippen LogP contribution in [0.3, 0.4) is 0 Å². The van der Waals surface area contributed by atoms with Gasteiger partial charge in [-0.2, -0.15) is 0 Å². The van der Waals surface area contributed by atoms with E-state index in [1.807, 2.05) is 11.0 Å². The highest BCUT2D eigenvalue weighted by Crippen LogP contribution is 2.19. The smallest absolute Gasteiger partial charge is 0.225 e. The van der Waals surface area contributed by atoms with Crippen molar-refractivity contribution >= 4 is 11.9 Å². The molecule has 1 unspecified atom stereocenters. The second kappa shape index (κ2) is 6.85. The number of hydrogen-bond acceptors (Lipinski definition) is 5. The Labute approximate surface area is 125 Å². The molecule has 6 nitrogen and oxygen atoms in total. The first-order valence-electron chi connectivity index (χ1n) is 7.70. The lowest BCUT2D eigenvalue weighted by molar-refractivity contribution is -0.133. The Hall–Kier alpha value is -1.69. The van der Waals surface area contributed by atoms with Gasteiger partial charge in [-0.15, -0.1) is 0 Å². The average Bonchev–Trinajstić information content (AvgIpc) is 2.57. The van der Waals surface area contributed by atoms with Crippen molar-refractivity contribution in [2.24, 2.45) is 5.92 Å². The topological polar surface area (TPSA) is 58.6 Å². The number of rotatable bonds is 3. The van der Waals surface area contributed by atoms with E-state index in [1.54, 1.807) is 12.4 Å². The molecule has 0 N–H and O–H groups in total. The number of hydrogen-bond donors (Lipinski definition) is 0. The maximum Gasteiger partial charge on any atom is 0.225 e. The predicted octanol–water partition coefficient (Wildman–Crippen LogP) is 0.942. The number of piperazine rings is 1. The Morgan fingerprint density at radius 3 is 2.67 bits per heavy atom. The van der Waals surface area contributed by atoms with E-state index in [1.165, 1.54) is 0 Å². The highest BCUT2D eigenvalue weighted by molar-refractivity contribution is 5.76. The fraction of sp³-hybridized carbons (Fsp3) is 0.667. The Morgan fingerprint density at radius 2 is 2.00 bits per heavy atom. The van der Waals surface area contributed by atoms with Crippen molar-refractivity contribution in [3.63, 3.8) is 0 Å². The molecular formula is C15H22N4O2. The molecule has 3 heterocycles. The minimum absolute atomic E-state index is 0.263. The molecule has 0 spiro atoms. The molecular weight excluding hydrogens is 268 g/mol. The van der Waals surface area contributed by atoms with E-state index in [9.17, 15) is 4.79 Å². The van der Waals surface area contributed by atoms with Crippen LogP contribution in [0.25, 0.3) is 0 Å². The first-order chi connectivity index (χ1) is 10.3. The van der Waals surface area contributed by atoms with Crippen LogP contribution in [0.2, 0.25) is 0 Å². The van der Waals surface area contributed by atoms with E-state index in [2.05, 4.69) is 14.9 Å². The number of amides is 1. The third-order valence-corrected chi connectivity index (χ3v) is 4.19. The molecule has 1 aromatic rings. The molecule has 0 aliphatic carbocycles. The highest BCUT2D eigenvalue weighted by atomic mass is 16.5. The largest absolute Gasteiger partial charge is 0.381 e. The summed E-state index contributed by atoms with van der Waals surface area (Å²) >= 11 is 0. The van der Waals surface area contributed by atoms with Gasteiger partial charge in [-0.25, -0.2) is 9.97 Å². The van der Waals surface area contributed by atoms with Crippen LogP contribution in [-0.4, -0.2) is 60.2 Å². The van der Waals surface area contributed by atoms with Gasteiger partial charge >= 0.3 is 0 Å². The van der Waals surface area contributed by atoms with Crippen molar-refractivity contribution < 1.29 is 9.53 Å². The van der Waals surface area contributed by atoms with Crippen LogP contribution >= 0.6 is 0 Å². The van der Waals surface area contributed by atoms with Crippen LogP contribution in [0.5, 0.6) is 0 Å². The molecule has 0 bridgehead atoms. The molecule has 1 atom stereocenters. The minimum Gasteiger partial charge on any atom is -0.381 e. The fourth-order valence-corrected chi connectivity index (χ4v) is 2.95. The number of anilines is 1. The molecule has 2 saturated heterocycles. The summed E-state index contributed by atoms with van der Waals surface area (Å²) in [6.07, 6.45) is 6.33. The lowest BCUT2D eigenvalue weighted by Crippen LogP contribution is -2.49. The van der Waals surface area contributed by atoms with Crippen LogP contribution in [0.15, 0.2) is 18.5 Å². The van der Waals surface area contributed by atoms with Gasteiger partial charge < -0.3 is 14.5 Å². The van der Waals surface area contributed by atoms with Gasteiger partial charge in [-0.05, 0) is 24.8 Å². The van der Waals surface area contributed by atoms with Crippen LogP contribution in [0.1, 0.15) is 19.3 Å². The van der Waals surface area contributed by atoms with Gasteiger partial charge in [-0.3, -0.25) is 4.79 Å². The van der Waals surface area contributed by atoms with Crippen LogP contribution in [0, 0.1) is 5.92 Å². The van der Waals surface area contributed by atoms with E-state index in [-0.39, 0.29) is 5.91 Å². The van der Waals surface area contributed by atoms with E-state index in [0.717, 1.165) is 58.2 Å². The highest BCUT2D eigenvalue weighted by Gasteiger charge is 2.25. The summed E-state index contributed by atoms with van der Waals surface area (Å²) in [7, 11) is 0. The van der Waals surface area contributed by atoms with Gasteiger partial charge in [-0.1, -0.05) is 0 Å². The quantitative estimate of drug-likeness (QED) is 0.829. The molecule has 0 aromatic carbocycles. The molecule has 2 aliphatic rings. The Balaban J connectivity index is 1.47. The summed E-state index contributed by atoms with van der Waals surface area (Å²) in [6.45, 7) is 4.70. The summed E-state index contributed by atoms with van der Waals surface area (Å²) in [5.41, 5.74) is 0. The lowest BCUT2D eigenvalue weighted by atomic mass is 9.98. The number of carbonyl (C=O) groups excluding carboxylic acids is 1. The maximum absolute atomic E-state index is 12.3. The SMILES string of the molecule is O=C(CC1CCCOC1)N1CCN(c2ncccn2)CC1. The molecule has 114 valence electrons. The molecule has 6 heteroatoms. The molecule has 2 aliphatic heterocycles. The third-order valence-electron chi connectivity index (χ3n) is 4.19. The summed E-state index contributed by atoms with van der Waals surface area (Å²) in [6, 6.07) is 1.82. The second-order valence-electron chi connectivity index (χ2n) is 5.70. The third kappa shape index (κ3) is 3.69. The number of nitrogens with zero attached hydrogens (tertiary/aromatic N) is 4. The van der Waals surface area contributed by atoms with E-state index in [0.29, 0.717) is 12.3 Å². The average molecular weight is 290 g/mol. The zero-order valence-corrected chi connectivity index (χ0v) is 12.3. The normalized spacial score (nSPS) is 23.1. The fourth-order valence-electron chi connectivity index (χ4n) is 2.95. The summed E-state index contributed by atoms with van der Waals surface area (Å²) < 4.78 is 5.45. The number of carbonyl (C=O) groups is 1. The molecule has 1 aromatic heterocycles. The van der Waals surface area contributed by atoms with Gasteiger partial charge in [0, 0.05) is 58.2 Å². The van der Waals surface area contributed by atoms with Crippen LogP contribution < -0.4 is 4.90 Å². The van der Waals surface area contributed by atoms with Crippen molar-refractivity contribution in [3.8, 4) is 0 Å². The summed E-state index contributed by atoms with van der Waals surface area (Å²) in [4.78, 5) is 25.0. The lowest BCUT2D eigenvalue weighted by Gasteiger charge is -2.35. The molecule has 0 radical (unpaired) electrons. The van der Waals surface area contributed by atoms with Gasteiger partial charge in [0.25, 0.3) is 0 Å².